The molecule has 3 aromatic rings. The topological polar surface area (TPSA) is 201 Å². The first kappa shape index (κ1) is 26.2. The number of nitrogens with two attached hydrogens (primary N) is 2. The molecule has 0 aliphatic carbocycles. The summed E-state index contributed by atoms with van der Waals surface area (Å²) >= 11 is 0. The molecule has 3 rings (SSSR count). The molecule has 11 nitrogen and oxygen atoms in total. The van der Waals surface area contributed by atoms with Crippen molar-refractivity contribution in [2.45, 2.75) is 43.8 Å². The lowest BCUT2D eigenvalue weighted by Gasteiger charge is -2.23. The molecule has 3 amide bonds. The Morgan fingerprint density at radius 2 is 1.58 bits per heavy atom. The first-order valence-electron chi connectivity index (χ1n) is 11.3. The highest BCUT2D eigenvalue weighted by Gasteiger charge is 2.29. The number of hydrogen-bond acceptors (Lipinski definition) is 6. The Hall–Kier alpha value is -4.38. The largest absolute Gasteiger partial charge is 0.508 e. The Balaban J connectivity index is 1.80. The van der Waals surface area contributed by atoms with Crippen molar-refractivity contribution in [2.75, 3.05) is 0 Å². The molecule has 0 saturated heterocycles. The van der Waals surface area contributed by atoms with Crippen LogP contribution >= 0.6 is 0 Å². The van der Waals surface area contributed by atoms with Gasteiger partial charge in [-0.05, 0) is 35.7 Å². The van der Waals surface area contributed by atoms with E-state index in [-0.39, 0.29) is 31.4 Å². The fraction of sp³-hybridized carbons (Fsp3) is 0.280. The summed E-state index contributed by atoms with van der Waals surface area (Å²) in [4.78, 5) is 52.0. The van der Waals surface area contributed by atoms with Gasteiger partial charge in [0, 0.05) is 36.4 Å². The number of H-pyrrole nitrogens is 1. The van der Waals surface area contributed by atoms with Crippen molar-refractivity contribution in [1.82, 2.24) is 15.6 Å². The molecule has 2 aromatic carbocycles. The second-order valence-electron chi connectivity index (χ2n) is 8.51. The van der Waals surface area contributed by atoms with Crippen molar-refractivity contribution in [3.05, 3.63) is 65.9 Å². The molecule has 0 radical (unpaired) electrons. The van der Waals surface area contributed by atoms with Gasteiger partial charge in [-0.15, -0.1) is 0 Å². The Kier molecular flexibility index (Phi) is 8.63. The van der Waals surface area contributed by atoms with Crippen LogP contribution in [0.25, 0.3) is 10.9 Å². The number of amides is 3. The summed E-state index contributed by atoms with van der Waals surface area (Å²) in [5.41, 5.74) is 13.2. The molecule has 0 bridgehead atoms. The van der Waals surface area contributed by atoms with E-state index in [0.717, 1.165) is 16.5 Å². The number of benzene rings is 2. The third-order valence-electron chi connectivity index (χ3n) is 5.76. The molecule has 0 aliphatic heterocycles. The number of phenolic OH excluding ortho intramolecular Hbond substituents is 1. The summed E-state index contributed by atoms with van der Waals surface area (Å²) < 4.78 is 0. The van der Waals surface area contributed by atoms with E-state index in [0.29, 0.717) is 5.56 Å². The minimum absolute atomic E-state index is 0.00119. The number of fused-ring (bicyclic) bond motifs is 1. The number of para-hydroxylation sites is 1. The fourth-order valence-corrected chi connectivity index (χ4v) is 3.78. The van der Waals surface area contributed by atoms with Crippen LogP contribution in [0.3, 0.4) is 0 Å². The van der Waals surface area contributed by atoms with Crippen LogP contribution < -0.4 is 22.1 Å². The molecule has 190 valence electrons. The number of carbonyl (C=O) groups is 4. The van der Waals surface area contributed by atoms with Crippen LogP contribution in [0.4, 0.5) is 0 Å². The molecule has 9 N–H and O–H groups in total. The minimum atomic E-state index is -1.28. The van der Waals surface area contributed by atoms with Crippen LogP contribution in [0.5, 0.6) is 5.75 Å². The van der Waals surface area contributed by atoms with Crippen LogP contribution in [0.15, 0.2) is 54.7 Å². The number of hydrogen-bond donors (Lipinski definition) is 7. The number of rotatable bonds is 12. The van der Waals surface area contributed by atoms with Gasteiger partial charge in [-0.1, -0.05) is 30.3 Å². The van der Waals surface area contributed by atoms with Crippen LogP contribution in [0.2, 0.25) is 0 Å². The predicted octanol–water partition coefficient (Wildman–Crippen LogP) is 0.306. The Morgan fingerprint density at radius 3 is 2.25 bits per heavy atom. The van der Waals surface area contributed by atoms with Gasteiger partial charge in [0.15, 0.2) is 0 Å². The van der Waals surface area contributed by atoms with Gasteiger partial charge in [0.25, 0.3) is 0 Å². The maximum atomic E-state index is 13.2. The number of carbonyl (C=O) groups excluding carboxylic acids is 3. The maximum Gasteiger partial charge on any atom is 0.326 e. The zero-order valence-electron chi connectivity index (χ0n) is 19.4. The van der Waals surface area contributed by atoms with Gasteiger partial charge >= 0.3 is 5.97 Å². The average molecular weight is 496 g/mol. The first-order chi connectivity index (χ1) is 17.1. The summed E-state index contributed by atoms with van der Waals surface area (Å²) in [5.74, 6) is -3.20. The number of aromatic hydroxyl groups is 1. The van der Waals surface area contributed by atoms with E-state index < -0.39 is 41.8 Å². The molecule has 36 heavy (non-hydrogen) atoms. The molecule has 0 saturated carbocycles. The minimum Gasteiger partial charge on any atom is -0.508 e. The quantitative estimate of drug-likeness (QED) is 0.187. The maximum absolute atomic E-state index is 13.2. The van der Waals surface area contributed by atoms with Gasteiger partial charge in [-0.2, -0.15) is 0 Å². The third-order valence-corrected chi connectivity index (χ3v) is 5.76. The molecular weight excluding hydrogens is 466 g/mol. The fourth-order valence-electron chi connectivity index (χ4n) is 3.78. The lowest BCUT2D eigenvalue weighted by Crippen LogP contribution is -2.55. The van der Waals surface area contributed by atoms with E-state index in [1.807, 2.05) is 24.3 Å². The highest BCUT2D eigenvalue weighted by Crippen LogP contribution is 2.19. The van der Waals surface area contributed by atoms with Crippen LogP contribution in [-0.2, 0) is 32.0 Å². The van der Waals surface area contributed by atoms with Gasteiger partial charge in [0.1, 0.15) is 17.8 Å². The van der Waals surface area contributed by atoms with E-state index in [2.05, 4.69) is 15.6 Å². The van der Waals surface area contributed by atoms with Crippen molar-refractivity contribution in [2.24, 2.45) is 11.5 Å². The number of nitrogens with one attached hydrogen (secondary N) is 3. The lowest BCUT2D eigenvalue weighted by atomic mass is 10.0. The highest BCUT2D eigenvalue weighted by molar-refractivity contribution is 5.93. The van der Waals surface area contributed by atoms with Crippen molar-refractivity contribution >= 4 is 34.6 Å². The summed E-state index contributed by atoms with van der Waals surface area (Å²) in [5, 5.41) is 25.1. The van der Waals surface area contributed by atoms with E-state index >= 15 is 0 Å². The Bertz CT molecular complexity index is 1240. The van der Waals surface area contributed by atoms with E-state index in [4.69, 9.17) is 11.5 Å². The standard InChI is InChI=1S/C25H29N5O6/c26-18(9-10-22(27)32)23(33)29-20(12-15-13-28-19-4-2-1-3-17(15)19)24(34)30-21(25(35)36)11-14-5-7-16(31)8-6-14/h1-8,13,18,20-21,28,31H,9-12,26H2,(H2,27,32)(H,29,33)(H,30,34)(H,35,36)/t18-,20-,21-/m0/s1. The van der Waals surface area contributed by atoms with Crippen molar-refractivity contribution in [1.29, 1.82) is 0 Å². The molecule has 0 aliphatic rings. The number of aromatic nitrogens is 1. The molecule has 11 heteroatoms. The van der Waals surface area contributed by atoms with E-state index in [1.54, 1.807) is 18.3 Å². The zero-order chi connectivity index (χ0) is 26.2. The molecule has 1 aromatic heterocycles. The van der Waals surface area contributed by atoms with Gasteiger partial charge in [0.05, 0.1) is 6.04 Å². The zero-order valence-corrected chi connectivity index (χ0v) is 19.4. The Morgan fingerprint density at radius 1 is 0.917 bits per heavy atom. The summed E-state index contributed by atoms with van der Waals surface area (Å²) in [6.45, 7) is 0. The first-order valence-corrected chi connectivity index (χ1v) is 11.3. The second kappa shape index (κ2) is 11.8. The predicted molar refractivity (Wildman–Crippen MR) is 132 cm³/mol. The molecule has 0 fully saturated rings. The summed E-state index contributed by atoms with van der Waals surface area (Å²) in [7, 11) is 0. The number of carboxylic acids is 1. The lowest BCUT2D eigenvalue weighted by molar-refractivity contribution is -0.142. The normalized spacial score (nSPS) is 13.5. The molecule has 0 unspecified atom stereocenters. The van der Waals surface area contributed by atoms with Crippen LogP contribution in [0.1, 0.15) is 24.0 Å². The van der Waals surface area contributed by atoms with Crippen molar-refractivity contribution in [3.8, 4) is 5.75 Å². The van der Waals surface area contributed by atoms with Crippen molar-refractivity contribution in [3.63, 3.8) is 0 Å². The smallest absolute Gasteiger partial charge is 0.326 e. The van der Waals surface area contributed by atoms with Crippen molar-refractivity contribution < 1.29 is 29.4 Å². The van der Waals surface area contributed by atoms with Crippen LogP contribution in [0, 0.1) is 0 Å². The number of carboxylic acid groups (broad SMARTS) is 1. The van der Waals surface area contributed by atoms with Gasteiger partial charge in [0.2, 0.25) is 17.7 Å². The van der Waals surface area contributed by atoms with Gasteiger partial charge in [-0.3, -0.25) is 14.4 Å². The van der Waals surface area contributed by atoms with Crippen LogP contribution in [-0.4, -0.2) is 57.0 Å². The number of aliphatic carboxylic acids is 1. The molecule has 0 spiro atoms. The highest BCUT2D eigenvalue weighted by atomic mass is 16.4. The number of primary amides is 1. The third kappa shape index (κ3) is 7.06. The molecule has 3 atom stereocenters. The van der Waals surface area contributed by atoms with E-state index in [1.165, 1.54) is 12.1 Å². The summed E-state index contributed by atoms with van der Waals surface area (Å²) in [6, 6.07) is 9.87. The number of aromatic amines is 1. The van der Waals surface area contributed by atoms with Gasteiger partial charge in [-0.25, -0.2) is 4.79 Å². The van der Waals surface area contributed by atoms with E-state index in [9.17, 15) is 29.4 Å². The number of phenols is 1. The SMILES string of the molecule is NC(=O)CC[C@H](N)C(=O)N[C@@H](Cc1c[nH]c2ccccc12)C(=O)N[C@@H](Cc1ccc(O)cc1)C(=O)O. The van der Waals surface area contributed by atoms with Gasteiger partial charge < -0.3 is 37.3 Å². The second-order valence-corrected chi connectivity index (χ2v) is 8.51. The monoisotopic (exact) mass is 495 g/mol. The molecule has 1 heterocycles. The Labute approximate surface area is 206 Å². The molecular formula is C25H29N5O6. The summed E-state index contributed by atoms with van der Waals surface area (Å²) in [6.07, 6.45) is 1.65. The average Bonchev–Trinajstić information content (AvgIpc) is 3.25.